The molecule has 2 aromatic heterocycles. The summed E-state index contributed by atoms with van der Waals surface area (Å²) in [6.07, 6.45) is 4.86. The third-order valence-corrected chi connectivity index (χ3v) is 4.02. The van der Waals surface area contributed by atoms with Crippen molar-refractivity contribution in [3.05, 3.63) is 40.6 Å². The lowest BCUT2D eigenvalue weighted by atomic mass is 10.1. The first-order valence-corrected chi connectivity index (χ1v) is 7.57. The highest BCUT2D eigenvalue weighted by molar-refractivity contribution is 7.10. The van der Waals surface area contributed by atoms with Crippen molar-refractivity contribution in [2.75, 3.05) is 0 Å². The molecule has 2 N–H and O–H groups in total. The second kappa shape index (κ2) is 7.21. The largest absolute Gasteiger partial charge is 0.481 e. The predicted molar refractivity (Wildman–Crippen MR) is 78.7 cm³/mol. The summed E-state index contributed by atoms with van der Waals surface area (Å²) in [5, 5.41) is 14.3. The molecule has 108 valence electrons. The molecule has 0 spiro atoms. The number of carboxylic acid groups (broad SMARTS) is 1. The molecule has 0 saturated heterocycles. The molecule has 1 unspecified atom stereocenters. The lowest BCUT2D eigenvalue weighted by Gasteiger charge is -2.16. The average Bonchev–Trinajstić information content (AvgIpc) is 3.06. The van der Waals surface area contributed by atoms with E-state index < -0.39 is 5.97 Å². The molecule has 0 bridgehead atoms. The van der Waals surface area contributed by atoms with Crippen molar-refractivity contribution < 1.29 is 9.90 Å². The maximum atomic E-state index is 11.0. The van der Waals surface area contributed by atoms with E-state index in [0.717, 1.165) is 23.7 Å². The van der Waals surface area contributed by atoms with Gasteiger partial charge in [0.05, 0.1) is 19.0 Å². The van der Waals surface area contributed by atoms with Crippen LogP contribution in [0.4, 0.5) is 0 Å². The van der Waals surface area contributed by atoms with Crippen molar-refractivity contribution in [2.24, 2.45) is 0 Å². The van der Waals surface area contributed by atoms with E-state index in [1.54, 1.807) is 17.5 Å². The molecule has 5 nitrogen and oxygen atoms in total. The van der Waals surface area contributed by atoms with Crippen LogP contribution in [0.1, 0.15) is 36.5 Å². The van der Waals surface area contributed by atoms with Crippen LogP contribution in [0.5, 0.6) is 0 Å². The molecular weight excluding hydrogens is 274 g/mol. The van der Waals surface area contributed by atoms with Gasteiger partial charge in [-0.1, -0.05) is 13.0 Å². The Labute approximate surface area is 122 Å². The van der Waals surface area contributed by atoms with Crippen LogP contribution in [0.3, 0.4) is 0 Å². The molecule has 2 heterocycles. The smallest absolute Gasteiger partial charge is 0.305 e. The molecule has 0 radical (unpaired) electrons. The molecule has 2 rings (SSSR count). The molecule has 0 saturated carbocycles. The van der Waals surface area contributed by atoms with Gasteiger partial charge in [0, 0.05) is 23.8 Å². The number of hydrogen-bond acceptors (Lipinski definition) is 4. The van der Waals surface area contributed by atoms with Crippen LogP contribution in [0.25, 0.3) is 0 Å². The Morgan fingerprint density at radius 3 is 3.10 bits per heavy atom. The van der Waals surface area contributed by atoms with E-state index in [9.17, 15) is 4.79 Å². The molecule has 0 aromatic carbocycles. The standard InChI is InChI=1S/C14H19N3O2S/c1-2-6-17-7-5-15-13(17)10-16-11(9-14(18)19)12-4-3-8-20-12/h3-5,7-8,11,16H,2,6,9-10H2,1H3,(H,18,19). The number of aromatic nitrogens is 2. The molecule has 2 aromatic rings. The predicted octanol–water partition coefficient (Wildman–Crippen LogP) is 2.66. The van der Waals surface area contributed by atoms with Gasteiger partial charge in [0.25, 0.3) is 0 Å². The van der Waals surface area contributed by atoms with E-state index >= 15 is 0 Å². The third-order valence-electron chi connectivity index (χ3n) is 3.04. The van der Waals surface area contributed by atoms with Crippen molar-refractivity contribution in [1.29, 1.82) is 0 Å². The number of aryl methyl sites for hydroxylation is 1. The Hall–Kier alpha value is -1.66. The number of carbonyl (C=O) groups is 1. The lowest BCUT2D eigenvalue weighted by molar-refractivity contribution is -0.137. The molecule has 1 atom stereocenters. The number of thiophene rings is 1. The number of nitrogens with zero attached hydrogens (tertiary/aromatic N) is 2. The maximum Gasteiger partial charge on any atom is 0.305 e. The highest BCUT2D eigenvalue weighted by Crippen LogP contribution is 2.22. The minimum atomic E-state index is -0.798. The normalized spacial score (nSPS) is 12.4. The van der Waals surface area contributed by atoms with Gasteiger partial charge in [-0.2, -0.15) is 0 Å². The second-order valence-electron chi connectivity index (χ2n) is 4.58. The van der Waals surface area contributed by atoms with Gasteiger partial charge in [-0.05, 0) is 17.9 Å². The first-order chi connectivity index (χ1) is 9.70. The van der Waals surface area contributed by atoms with Gasteiger partial charge in [0.2, 0.25) is 0 Å². The summed E-state index contributed by atoms with van der Waals surface area (Å²) in [4.78, 5) is 16.3. The Morgan fingerprint density at radius 1 is 1.60 bits per heavy atom. The van der Waals surface area contributed by atoms with Gasteiger partial charge in [-0.15, -0.1) is 11.3 Å². The first kappa shape index (κ1) is 14.7. The van der Waals surface area contributed by atoms with E-state index in [0.29, 0.717) is 6.54 Å². The van der Waals surface area contributed by atoms with Crippen LogP contribution in [0, 0.1) is 0 Å². The molecule has 0 aliphatic carbocycles. The number of nitrogens with one attached hydrogen (secondary N) is 1. The fourth-order valence-electron chi connectivity index (χ4n) is 2.10. The van der Waals surface area contributed by atoms with E-state index in [-0.39, 0.29) is 12.5 Å². The van der Waals surface area contributed by atoms with Crippen LogP contribution in [-0.4, -0.2) is 20.6 Å². The van der Waals surface area contributed by atoms with Crippen molar-refractivity contribution in [1.82, 2.24) is 14.9 Å². The van der Waals surface area contributed by atoms with E-state index in [1.807, 2.05) is 23.7 Å². The zero-order valence-electron chi connectivity index (χ0n) is 11.5. The van der Waals surface area contributed by atoms with Crippen LogP contribution in [-0.2, 0) is 17.9 Å². The van der Waals surface area contributed by atoms with Crippen LogP contribution < -0.4 is 5.32 Å². The number of carboxylic acids is 1. The molecule has 0 fully saturated rings. The minimum absolute atomic E-state index is 0.0784. The first-order valence-electron chi connectivity index (χ1n) is 6.69. The summed E-state index contributed by atoms with van der Waals surface area (Å²) in [7, 11) is 0. The van der Waals surface area contributed by atoms with Gasteiger partial charge >= 0.3 is 5.97 Å². The molecule has 20 heavy (non-hydrogen) atoms. The SMILES string of the molecule is CCCn1ccnc1CNC(CC(=O)O)c1cccs1. The van der Waals surface area contributed by atoms with E-state index in [2.05, 4.69) is 21.8 Å². The summed E-state index contributed by atoms with van der Waals surface area (Å²) in [6, 6.07) is 3.73. The summed E-state index contributed by atoms with van der Waals surface area (Å²) in [6.45, 7) is 3.62. The summed E-state index contributed by atoms with van der Waals surface area (Å²) >= 11 is 1.57. The van der Waals surface area contributed by atoms with Gasteiger partial charge in [0.1, 0.15) is 5.82 Å². The van der Waals surface area contributed by atoms with E-state index in [4.69, 9.17) is 5.11 Å². The fraction of sp³-hybridized carbons (Fsp3) is 0.429. The Bertz CT molecular complexity index is 536. The zero-order valence-corrected chi connectivity index (χ0v) is 12.3. The Morgan fingerprint density at radius 2 is 2.45 bits per heavy atom. The van der Waals surface area contributed by atoms with Crippen LogP contribution in [0.2, 0.25) is 0 Å². The Kier molecular flexibility index (Phi) is 5.31. The van der Waals surface area contributed by atoms with E-state index in [1.165, 1.54) is 0 Å². The lowest BCUT2D eigenvalue weighted by Crippen LogP contribution is -2.24. The molecular formula is C14H19N3O2S. The highest BCUT2D eigenvalue weighted by atomic mass is 32.1. The minimum Gasteiger partial charge on any atom is -0.481 e. The van der Waals surface area contributed by atoms with Gasteiger partial charge in [-0.3, -0.25) is 4.79 Å². The molecule has 0 aliphatic rings. The summed E-state index contributed by atoms with van der Waals surface area (Å²) in [5.74, 6) is 0.145. The monoisotopic (exact) mass is 293 g/mol. The highest BCUT2D eigenvalue weighted by Gasteiger charge is 2.16. The average molecular weight is 293 g/mol. The van der Waals surface area contributed by atoms with Gasteiger partial charge in [-0.25, -0.2) is 4.98 Å². The molecule has 0 aliphatic heterocycles. The fourth-order valence-corrected chi connectivity index (χ4v) is 2.91. The van der Waals surface area contributed by atoms with Gasteiger partial charge in [0.15, 0.2) is 0 Å². The van der Waals surface area contributed by atoms with Crippen molar-refractivity contribution in [2.45, 2.75) is 38.9 Å². The quantitative estimate of drug-likeness (QED) is 0.785. The van der Waals surface area contributed by atoms with Crippen LogP contribution >= 0.6 is 11.3 Å². The Balaban J connectivity index is 2.01. The summed E-state index contributed by atoms with van der Waals surface area (Å²) < 4.78 is 2.10. The number of rotatable bonds is 8. The third kappa shape index (κ3) is 3.91. The van der Waals surface area contributed by atoms with Crippen molar-refractivity contribution in [3.8, 4) is 0 Å². The summed E-state index contributed by atoms with van der Waals surface area (Å²) in [5.41, 5.74) is 0. The number of aliphatic carboxylic acids is 1. The zero-order chi connectivity index (χ0) is 14.4. The van der Waals surface area contributed by atoms with Crippen LogP contribution in [0.15, 0.2) is 29.9 Å². The number of hydrogen-bond donors (Lipinski definition) is 2. The van der Waals surface area contributed by atoms with Crippen molar-refractivity contribution in [3.63, 3.8) is 0 Å². The maximum absolute atomic E-state index is 11.0. The van der Waals surface area contributed by atoms with Gasteiger partial charge < -0.3 is 15.0 Å². The van der Waals surface area contributed by atoms with Crippen molar-refractivity contribution >= 4 is 17.3 Å². The second-order valence-corrected chi connectivity index (χ2v) is 5.56. The molecule has 0 amide bonds. The molecule has 6 heteroatoms. The number of imidazole rings is 1. The topological polar surface area (TPSA) is 67.2 Å².